The molecule has 1 saturated heterocycles. The zero-order valence-corrected chi connectivity index (χ0v) is 11.3. The standard InChI is InChI=1S/C13H20N4O2/c1-3-9(2)17-7-6-10(16-17)8-14-11-4-5-12(18)15-13(11)19/h6-7,9,11,14H,3-5,8H2,1-2H3,(H,15,18,19). The van der Waals surface area contributed by atoms with E-state index in [1.54, 1.807) is 0 Å². The Bertz CT molecular complexity index is 469. The van der Waals surface area contributed by atoms with Crippen LogP contribution in [0.5, 0.6) is 0 Å². The fraction of sp³-hybridized carbons (Fsp3) is 0.615. The van der Waals surface area contributed by atoms with Gasteiger partial charge in [0.2, 0.25) is 11.8 Å². The van der Waals surface area contributed by atoms with Crippen molar-refractivity contribution >= 4 is 11.8 Å². The van der Waals surface area contributed by atoms with E-state index >= 15 is 0 Å². The average molecular weight is 264 g/mol. The summed E-state index contributed by atoms with van der Waals surface area (Å²) < 4.78 is 1.93. The predicted molar refractivity (Wildman–Crippen MR) is 70.2 cm³/mol. The number of nitrogens with one attached hydrogen (secondary N) is 2. The summed E-state index contributed by atoms with van der Waals surface area (Å²) in [6.07, 6.45) is 3.93. The summed E-state index contributed by atoms with van der Waals surface area (Å²) in [5, 5.41) is 9.93. The van der Waals surface area contributed by atoms with Gasteiger partial charge in [-0.3, -0.25) is 19.6 Å². The average Bonchev–Trinajstić information content (AvgIpc) is 2.85. The lowest BCUT2D eigenvalue weighted by molar-refractivity contribution is -0.134. The largest absolute Gasteiger partial charge is 0.300 e. The molecule has 2 atom stereocenters. The highest BCUT2D eigenvalue weighted by atomic mass is 16.2. The predicted octanol–water partition coefficient (Wildman–Crippen LogP) is 0.749. The number of hydrogen-bond donors (Lipinski definition) is 2. The van der Waals surface area contributed by atoms with E-state index in [0.29, 0.717) is 25.4 Å². The van der Waals surface area contributed by atoms with E-state index in [-0.39, 0.29) is 17.9 Å². The minimum Gasteiger partial charge on any atom is -0.300 e. The summed E-state index contributed by atoms with van der Waals surface area (Å²) in [5.74, 6) is -0.429. The van der Waals surface area contributed by atoms with Gasteiger partial charge in [0.25, 0.3) is 0 Å². The van der Waals surface area contributed by atoms with Crippen molar-refractivity contribution in [2.75, 3.05) is 0 Å². The van der Waals surface area contributed by atoms with E-state index in [4.69, 9.17) is 0 Å². The van der Waals surface area contributed by atoms with Gasteiger partial charge in [-0.05, 0) is 25.8 Å². The molecule has 0 aliphatic carbocycles. The van der Waals surface area contributed by atoms with Gasteiger partial charge in [0.15, 0.2) is 0 Å². The number of rotatable bonds is 5. The molecule has 0 aromatic carbocycles. The number of aromatic nitrogens is 2. The van der Waals surface area contributed by atoms with Gasteiger partial charge in [0.1, 0.15) is 0 Å². The van der Waals surface area contributed by atoms with Gasteiger partial charge >= 0.3 is 0 Å². The molecule has 2 heterocycles. The Labute approximate surface area is 112 Å². The highest BCUT2D eigenvalue weighted by Gasteiger charge is 2.25. The van der Waals surface area contributed by atoms with Crippen LogP contribution in [-0.2, 0) is 16.1 Å². The molecule has 0 saturated carbocycles. The van der Waals surface area contributed by atoms with Crippen LogP contribution < -0.4 is 10.6 Å². The lowest BCUT2D eigenvalue weighted by Gasteiger charge is -2.21. The van der Waals surface area contributed by atoms with Crippen molar-refractivity contribution in [1.82, 2.24) is 20.4 Å². The third-order valence-electron chi connectivity index (χ3n) is 3.47. The van der Waals surface area contributed by atoms with Crippen molar-refractivity contribution in [3.63, 3.8) is 0 Å². The van der Waals surface area contributed by atoms with Crippen LogP contribution >= 0.6 is 0 Å². The number of hydrogen-bond acceptors (Lipinski definition) is 4. The molecule has 2 rings (SSSR count). The molecule has 1 fully saturated rings. The fourth-order valence-electron chi connectivity index (χ4n) is 2.02. The van der Waals surface area contributed by atoms with Crippen LogP contribution in [0.25, 0.3) is 0 Å². The van der Waals surface area contributed by atoms with E-state index in [1.165, 1.54) is 0 Å². The Kier molecular flexibility index (Phi) is 4.31. The van der Waals surface area contributed by atoms with Gasteiger partial charge in [-0.2, -0.15) is 5.10 Å². The topological polar surface area (TPSA) is 76.0 Å². The molecule has 1 aliphatic heterocycles. The van der Waals surface area contributed by atoms with Gasteiger partial charge in [-0.25, -0.2) is 0 Å². The molecule has 2 unspecified atom stereocenters. The van der Waals surface area contributed by atoms with Gasteiger partial charge in [-0.1, -0.05) is 6.92 Å². The Balaban J connectivity index is 1.87. The monoisotopic (exact) mass is 264 g/mol. The number of nitrogens with zero attached hydrogens (tertiary/aromatic N) is 2. The maximum atomic E-state index is 11.6. The first kappa shape index (κ1) is 13.7. The van der Waals surface area contributed by atoms with Crippen LogP contribution in [-0.4, -0.2) is 27.6 Å². The fourth-order valence-corrected chi connectivity index (χ4v) is 2.02. The van der Waals surface area contributed by atoms with Crippen LogP contribution in [0.2, 0.25) is 0 Å². The molecule has 0 radical (unpaired) electrons. The molecule has 2 N–H and O–H groups in total. The van der Waals surface area contributed by atoms with Crippen molar-refractivity contribution in [3.8, 4) is 0 Å². The first-order chi connectivity index (χ1) is 9.10. The Hall–Kier alpha value is -1.69. The molecule has 1 aromatic heterocycles. The summed E-state index contributed by atoms with van der Waals surface area (Å²) >= 11 is 0. The van der Waals surface area contributed by atoms with E-state index in [9.17, 15) is 9.59 Å². The van der Waals surface area contributed by atoms with E-state index in [0.717, 1.165) is 12.1 Å². The van der Waals surface area contributed by atoms with Crippen molar-refractivity contribution in [2.24, 2.45) is 0 Å². The number of carbonyl (C=O) groups is 2. The smallest absolute Gasteiger partial charge is 0.243 e. The summed E-state index contributed by atoms with van der Waals surface area (Å²) in [6, 6.07) is 2.03. The normalized spacial score (nSPS) is 21.3. The van der Waals surface area contributed by atoms with Gasteiger partial charge < -0.3 is 5.32 Å². The Morgan fingerprint density at radius 2 is 2.37 bits per heavy atom. The summed E-state index contributed by atoms with van der Waals surface area (Å²) in [7, 11) is 0. The Morgan fingerprint density at radius 3 is 3.05 bits per heavy atom. The van der Waals surface area contributed by atoms with E-state index in [1.807, 2.05) is 16.9 Å². The Morgan fingerprint density at radius 1 is 1.58 bits per heavy atom. The van der Waals surface area contributed by atoms with Crippen LogP contribution in [0.4, 0.5) is 0 Å². The summed E-state index contributed by atoms with van der Waals surface area (Å²) in [6.45, 7) is 4.77. The maximum Gasteiger partial charge on any atom is 0.243 e. The van der Waals surface area contributed by atoms with Gasteiger partial charge in [-0.15, -0.1) is 0 Å². The van der Waals surface area contributed by atoms with Crippen molar-refractivity contribution in [1.29, 1.82) is 0 Å². The molecular weight excluding hydrogens is 244 g/mol. The van der Waals surface area contributed by atoms with Crippen LogP contribution in [0.1, 0.15) is 44.8 Å². The minimum absolute atomic E-state index is 0.191. The first-order valence-electron chi connectivity index (χ1n) is 6.71. The zero-order valence-electron chi connectivity index (χ0n) is 11.3. The quantitative estimate of drug-likeness (QED) is 0.769. The number of piperidine rings is 1. The molecule has 2 amide bonds. The third kappa shape index (κ3) is 3.41. The second kappa shape index (κ2) is 5.97. The molecule has 1 aliphatic rings. The van der Waals surface area contributed by atoms with E-state index in [2.05, 4.69) is 29.6 Å². The number of imide groups is 1. The van der Waals surface area contributed by atoms with Crippen molar-refractivity contribution in [3.05, 3.63) is 18.0 Å². The highest BCUT2D eigenvalue weighted by molar-refractivity contribution is 6.00. The molecule has 104 valence electrons. The SMILES string of the molecule is CCC(C)n1ccc(CNC2CCC(=O)NC2=O)n1. The zero-order chi connectivity index (χ0) is 13.8. The van der Waals surface area contributed by atoms with Gasteiger partial charge in [0, 0.05) is 25.2 Å². The number of carbonyl (C=O) groups excluding carboxylic acids is 2. The first-order valence-corrected chi connectivity index (χ1v) is 6.71. The van der Waals surface area contributed by atoms with Crippen LogP contribution in [0.15, 0.2) is 12.3 Å². The van der Waals surface area contributed by atoms with Crippen LogP contribution in [0, 0.1) is 0 Å². The molecule has 19 heavy (non-hydrogen) atoms. The number of amides is 2. The maximum absolute atomic E-state index is 11.6. The molecule has 0 spiro atoms. The van der Waals surface area contributed by atoms with Crippen LogP contribution in [0.3, 0.4) is 0 Å². The molecule has 0 bridgehead atoms. The molecule has 6 nitrogen and oxygen atoms in total. The summed E-state index contributed by atoms with van der Waals surface area (Å²) in [5.41, 5.74) is 0.907. The van der Waals surface area contributed by atoms with Crippen molar-refractivity contribution in [2.45, 2.75) is 51.7 Å². The lowest BCUT2D eigenvalue weighted by Crippen LogP contribution is -2.50. The molecule has 1 aromatic rings. The lowest BCUT2D eigenvalue weighted by atomic mass is 10.1. The highest BCUT2D eigenvalue weighted by Crippen LogP contribution is 2.10. The molecule has 6 heteroatoms. The second-order valence-electron chi connectivity index (χ2n) is 4.93. The van der Waals surface area contributed by atoms with Gasteiger partial charge in [0.05, 0.1) is 11.7 Å². The molecular formula is C13H20N4O2. The third-order valence-corrected chi connectivity index (χ3v) is 3.47. The minimum atomic E-state index is -0.300. The second-order valence-corrected chi connectivity index (χ2v) is 4.93. The summed E-state index contributed by atoms with van der Waals surface area (Å²) in [4.78, 5) is 22.6. The van der Waals surface area contributed by atoms with E-state index < -0.39 is 0 Å². The van der Waals surface area contributed by atoms with Crippen molar-refractivity contribution < 1.29 is 9.59 Å².